The molecule has 4 nitrogen and oxygen atoms in total. The molecule has 1 N–H and O–H groups in total. The Labute approximate surface area is 120 Å². The van der Waals surface area contributed by atoms with Gasteiger partial charge in [-0.2, -0.15) is 5.10 Å². The van der Waals surface area contributed by atoms with Gasteiger partial charge in [0.1, 0.15) is 0 Å². The zero-order chi connectivity index (χ0) is 14.6. The number of nitrogens with zero attached hydrogens (tertiary/aromatic N) is 2. The Morgan fingerprint density at radius 3 is 2.55 bits per heavy atom. The highest BCUT2D eigenvalue weighted by atomic mass is 16.5. The molecule has 0 amide bonds. The largest absolute Gasteiger partial charge is 0.385 e. The first-order valence-electron chi connectivity index (χ1n) is 6.98. The van der Waals surface area contributed by atoms with Crippen LogP contribution in [-0.2, 0) is 4.74 Å². The number of benzene rings is 1. The standard InChI is InChI=1S/C16H23N3O/c1-12-13-7-5-6-8-14(13)15(19-18-12)17-11-16(2,3)9-10-20-4/h5-8H,9-11H2,1-4H3,(H,17,19). The van der Waals surface area contributed by atoms with Crippen molar-refractivity contribution in [1.82, 2.24) is 10.2 Å². The van der Waals surface area contributed by atoms with Gasteiger partial charge in [0.2, 0.25) is 0 Å². The predicted octanol–water partition coefficient (Wildman–Crippen LogP) is 3.41. The van der Waals surface area contributed by atoms with Crippen LogP contribution in [0.3, 0.4) is 0 Å². The summed E-state index contributed by atoms with van der Waals surface area (Å²) in [4.78, 5) is 0. The lowest BCUT2D eigenvalue weighted by atomic mass is 9.89. The molecular formula is C16H23N3O. The molecule has 0 bridgehead atoms. The second-order valence-corrected chi connectivity index (χ2v) is 5.94. The van der Waals surface area contributed by atoms with Crippen LogP contribution in [0.5, 0.6) is 0 Å². The van der Waals surface area contributed by atoms with E-state index in [-0.39, 0.29) is 5.41 Å². The van der Waals surface area contributed by atoms with Gasteiger partial charge in [-0.05, 0) is 18.8 Å². The summed E-state index contributed by atoms with van der Waals surface area (Å²) in [5, 5.41) is 14.2. The van der Waals surface area contributed by atoms with Gasteiger partial charge in [-0.15, -0.1) is 5.10 Å². The highest BCUT2D eigenvalue weighted by Gasteiger charge is 2.18. The van der Waals surface area contributed by atoms with Crippen LogP contribution in [-0.4, -0.2) is 30.5 Å². The lowest BCUT2D eigenvalue weighted by Crippen LogP contribution is -2.25. The van der Waals surface area contributed by atoms with Crippen LogP contribution in [0.15, 0.2) is 24.3 Å². The highest BCUT2D eigenvalue weighted by molar-refractivity contribution is 5.92. The number of nitrogens with one attached hydrogen (secondary N) is 1. The highest BCUT2D eigenvalue weighted by Crippen LogP contribution is 2.25. The van der Waals surface area contributed by atoms with E-state index < -0.39 is 0 Å². The van der Waals surface area contributed by atoms with Crippen molar-refractivity contribution in [3.05, 3.63) is 30.0 Å². The van der Waals surface area contributed by atoms with Crippen LogP contribution >= 0.6 is 0 Å². The molecule has 4 heteroatoms. The van der Waals surface area contributed by atoms with Gasteiger partial charge >= 0.3 is 0 Å². The normalized spacial score (nSPS) is 11.8. The lowest BCUT2D eigenvalue weighted by molar-refractivity contribution is 0.157. The second kappa shape index (κ2) is 6.18. The third-order valence-corrected chi connectivity index (χ3v) is 3.59. The summed E-state index contributed by atoms with van der Waals surface area (Å²) in [6.07, 6.45) is 1.01. The van der Waals surface area contributed by atoms with E-state index in [9.17, 15) is 0 Å². The van der Waals surface area contributed by atoms with Gasteiger partial charge in [-0.25, -0.2) is 0 Å². The average Bonchev–Trinajstić information content (AvgIpc) is 2.45. The van der Waals surface area contributed by atoms with Gasteiger partial charge in [0.25, 0.3) is 0 Å². The molecule has 0 atom stereocenters. The Morgan fingerprint density at radius 2 is 1.85 bits per heavy atom. The molecule has 0 fully saturated rings. The minimum absolute atomic E-state index is 0.156. The van der Waals surface area contributed by atoms with Crippen molar-refractivity contribution in [2.75, 3.05) is 25.6 Å². The Bertz CT molecular complexity index is 581. The molecule has 0 unspecified atom stereocenters. The summed E-state index contributed by atoms with van der Waals surface area (Å²) < 4.78 is 5.16. The third kappa shape index (κ3) is 3.45. The van der Waals surface area contributed by atoms with E-state index in [0.29, 0.717) is 0 Å². The first kappa shape index (κ1) is 14.7. The van der Waals surface area contributed by atoms with Crippen LogP contribution in [0, 0.1) is 12.3 Å². The van der Waals surface area contributed by atoms with Crippen molar-refractivity contribution in [3.63, 3.8) is 0 Å². The number of hydrogen-bond acceptors (Lipinski definition) is 4. The molecule has 0 aliphatic heterocycles. The van der Waals surface area contributed by atoms with E-state index in [2.05, 4.69) is 41.5 Å². The summed E-state index contributed by atoms with van der Waals surface area (Å²) in [5.74, 6) is 0.858. The minimum Gasteiger partial charge on any atom is -0.385 e. The van der Waals surface area contributed by atoms with Crippen LogP contribution in [0.25, 0.3) is 10.8 Å². The zero-order valence-electron chi connectivity index (χ0n) is 12.7. The molecule has 0 radical (unpaired) electrons. The van der Waals surface area contributed by atoms with Crippen molar-refractivity contribution in [2.45, 2.75) is 27.2 Å². The van der Waals surface area contributed by atoms with Crippen LogP contribution in [0.2, 0.25) is 0 Å². The van der Waals surface area contributed by atoms with Crippen LogP contribution < -0.4 is 5.32 Å². The Kier molecular flexibility index (Phi) is 4.55. The molecule has 1 aromatic carbocycles. The molecule has 1 aromatic heterocycles. The fourth-order valence-electron chi connectivity index (χ4n) is 2.16. The summed E-state index contributed by atoms with van der Waals surface area (Å²) in [6, 6.07) is 8.23. The van der Waals surface area contributed by atoms with Crippen LogP contribution in [0.1, 0.15) is 26.0 Å². The first-order chi connectivity index (χ1) is 9.53. The fourth-order valence-corrected chi connectivity index (χ4v) is 2.16. The molecule has 0 aliphatic carbocycles. The first-order valence-corrected chi connectivity index (χ1v) is 6.98. The van der Waals surface area contributed by atoms with E-state index in [4.69, 9.17) is 4.74 Å². The molecule has 2 aromatic rings. The van der Waals surface area contributed by atoms with Gasteiger partial charge in [-0.3, -0.25) is 0 Å². The Morgan fingerprint density at radius 1 is 1.15 bits per heavy atom. The van der Waals surface area contributed by atoms with Crippen LogP contribution in [0.4, 0.5) is 5.82 Å². The topological polar surface area (TPSA) is 47.0 Å². The van der Waals surface area contributed by atoms with Gasteiger partial charge in [-0.1, -0.05) is 38.1 Å². The molecule has 0 aliphatic rings. The SMILES string of the molecule is COCCC(C)(C)CNc1nnc(C)c2ccccc12. The number of hydrogen-bond donors (Lipinski definition) is 1. The van der Waals surface area contributed by atoms with Crippen molar-refractivity contribution in [2.24, 2.45) is 5.41 Å². The van der Waals surface area contributed by atoms with Gasteiger partial charge in [0.05, 0.1) is 5.69 Å². The second-order valence-electron chi connectivity index (χ2n) is 5.94. The molecule has 2 rings (SSSR count). The number of anilines is 1. The van der Waals surface area contributed by atoms with E-state index in [1.54, 1.807) is 7.11 Å². The Balaban J connectivity index is 2.16. The lowest BCUT2D eigenvalue weighted by Gasteiger charge is -2.25. The number of aryl methyl sites for hydroxylation is 1. The van der Waals surface area contributed by atoms with Crippen molar-refractivity contribution in [1.29, 1.82) is 0 Å². The molecule has 108 valence electrons. The molecule has 1 heterocycles. The summed E-state index contributed by atoms with van der Waals surface area (Å²) in [5.41, 5.74) is 1.12. The van der Waals surface area contributed by atoms with E-state index >= 15 is 0 Å². The summed E-state index contributed by atoms with van der Waals surface area (Å²) >= 11 is 0. The van der Waals surface area contributed by atoms with E-state index in [0.717, 1.165) is 41.9 Å². The quantitative estimate of drug-likeness (QED) is 0.876. The number of methoxy groups -OCH3 is 1. The maximum Gasteiger partial charge on any atom is 0.156 e. The monoisotopic (exact) mass is 273 g/mol. The fraction of sp³-hybridized carbons (Fsp3) is 0.500. The van der Waals surface area contributed by atoms with Crippen molar-refractivity contribution < 1.29 is 4.74 Å². The minimum atomic E-state index is 0.156. The number of aromatic nitrogens is 2. The summed E-state index contributed by atoms with van der Waals surface area (Å²) in [6.45, 7) is 8.06. The molecule has 0 saturated carbocycles. The Hall–Kier alpha value is -1.68. The summed E-state index contributed by atoms with van der Waals surface area (Å²) in [7, 11) is 1.74. The maximum absolute atomic E-state index is 5.16. The predicted molar refractivity (Wildman–Crippen MR) is 83.0 cm³/mol. The van der Waals surface area contributed by atoms with Crippen molar-refractivity contribution in [3.8, 4) is 0 Å². The van der Waals surface area contributed by atoms with E-state index in [1.165, 1.54) is 0 Å². The molecule has 20 heavy (non-hydrogen) atoms. The maximum atomic E-state index is 5.16. The smallest absolute Gasteiger partial charge is 0.156 e. The van der Waals surface area contributed by atoms with Gasteiger partial charge < -0.3 is 10.1 Å². The van der Waals surface area contributed by atoms with Gasteiger partial charge in [0, 0.05) is 31.0 Å². The number of rotatable bonds is 6. The molecular weight excluding hydrogens is 250 g/mol. The van der Waals surface area contributed by atoms with Crippen molar-refractivity contribution >= 4 is 16.6 Å². The third-order valence-electron chi connectivity index (χ3n) is 3.59. The van der Waals surface area contributed by atoms with Gasteiger partial charge in [0.15, 0.2) is 5.82 Å². The van der Waals surface area contributed by atoms with E-state index in [1.807, 2.05) is 19.1 Å². The molecule has 0 saturated heterocycles. The number of ether oxygens (including phenoxy) is 1. The average molecular weight is 273 g/mol. The zero-order valence-corrected chi connectivity index (χ0v) is 12.7. The molecule has 0 spiro atoms. The number of fused-ring (bicyclic) bond motifs is 1.